The van der Waals surface area contributed by atoms with Gasteiger partial charge in [-0.15, -0.1) is 0 Å². The first-order valence-corrected chi connectivity index (χ1v) is 6.97. The van der Waals surface area contributed by atoms with Crippen LogP contribution in [-0.4, -0.2) is 19.3 Å². The molecule has 0 saturated carbocycles. The van der Waals surface area contributed by atoms with E-state index in [1.165, 1.54) is 0 Å². The van der Waals surface area contributed by atoms with Gasteiger partial charge in [0, 0.05) is 17.9 Å². The highest BCUT2D eigenvalue weighted by Gasteiger charge is 2.11. The summed E-state index contributed by atoms with van der Waals surface area (Å²) in [5.74, 6) is 0. The Bertz CT molecular complexity index is 657. The number of rotatable bonds is 3. The second kappa shape index (κ2) is 5.28. The van der Waals surface area contributed by atoms with Crippen molar-refractivity contribution in [2.24, 2.45) is 0 Å². The standard InChI is InChI=1S/C13H17BrN4O/c1-8(2)18-6-5-11(16-18)7-17-10(4)12(14)9(3)15-13(17)19/h5-6,8H,7H2,1-4H3. The van der Waals surface area contributed by atoms with Crippen molar-refractivity contribution in [3.8, 4) is 0 Å². The lowest BCUT2D eigenvalue weighted by Crippen LogP contribution is -2.27. The molecule has 19 heavy (non-hydrogen) atoms. The maximum atomic E-state index is 12.0. The van der Waals surface area contributed by atoms with Crippen molar-refractivity contribution in [2.45, 2.75) is 40.3 Å². The molecule has 0 unspecified atom stereocenters. The zero-order valence-electron chi connectivity index (χ0n) is 11.5. The number of halogens is 1. The van der Waals surface area contributed by atoms with Gasteiger partial charge in [0.1, 0.15) is 0 Å². The molecule has 6 heteroatoms. The molecule has 5 nitrogen and oxygen atoms in total. The molecule has 0 N–H and O–H groups in total. The van der Waals surface area contributed by atoms with E-state index in [4.69, 9.17) is 0 Å². The van der Waals surface area contributed by atoms with E-state index in [0.717, 1.165) is 15.9 Å². The van der Waals surface area contributed by atoms with Crippen LogP contribution in [0.3, 0.4) is 0 Å². The minimum Gasteiger partial charge on any atom is -0.289 e. The molecule has 0 atom stereocenters. The molecule has 0 spiro atoms. The second-order valence-electron chi connectivity index (χ2n) is 4.85. The van der Waals surface area contributed by atoms with Gasteiger partial charge in [0.05, 0.1) is 22.4 Å². The third-order valence-electron chi connectivity index (χ3n) is 3.05. The summed E-state index contributed by atoms with van der Waals surface area (Å²) < 4.78 is 4.38. The largest absolute Gasteiger partial charge is 0.348 e. The minimum atomic E-state index is -0.239. The summed E-state index contributed by atoms with van der Waals surface area (Å²) in [6.07, 6.45) is 1.93. The fourth-order valence-electron chi connectivity index (χ4n) is 1.87. The summed E-state index contributed by atoms with van der Waals surface area (Å²) in [6.45, 7) is 8.29. The summed E-state index contributed by atoms with van der Waals surface area (Å²) >= 11 is 3.46. The lowest BCUT2D eigenvalue weighted by molar-refractivity contribution is 0.521. The van der Waals surface area contributed by atoms with Crippen molar-refractivity contribution in [1.82, 2.24) is 19.3 Å². The Morgan fingerprint density at radius 1 is 1.37 bits per heavy atom. The molecular weight excluding hydrogens is 308 g/mol. The highest BCUT2D eigenvalue weighted by molar-refractivity contribution is 9.10. The van der Waals surface area contributed by atoms with E-state index < -0.39 is 0 Å². The molecule has 0 amide bonds. The van der Waals surface area contributed by atoms with Gasteiger partial charge < -0.3 is 0 Å². The molecule has 0 saturated heterocycles. The summed E-state index contributed by atoms with van der Waals surface area (Å²) in [4.78, 5) is 16.0. The van der Waals surface area contributed by atoms with Crippen LogP contribution in [0.25, 0.3) is 0 Å². The molecule has 0 radical (unpaired) electrons. The molecule has 0 bridgehead atoms. The van der Waals surface area contributed by atoms with Crippen molar-refractivity contribution >= 4 is 15.9 Å². The van der Waals surface area contributed by atoms with Gasteiger partial charge in [0.25, 0.3) is 0 Å². The van der Waals surface area contributed by atoms with Crippen molar-refractivity contribution in [3.05, 3.63) is 44.3 Å². The van der Waals surface area contributed by atoms with Gasteiger partial charge >= 0.3 is 5.69 Å². The highest BCUT2D eigenvalue weighted by atomic mass is 79.9. The molecule has 0 fully saturated rings. The predicted octanol–water partition coefficient (Wildman–Crippen LogP) is 2.45. The van der Waals surface area contributed by atoms with E-state index in [0.29, 0.717) is 18.3 Å². The van der Waals surface area contributed by atoms with E-state index in [1.807, 2.05) is 30.8 Å². The van der Waals surface area contributed by atoms with Gasteiger partial charge in [0.2, 0.25) is 0 Å². The van der Waals surface area contributed by atoms with Crippen LogP contribution in [0, 0.1) is 13.8 Å². The summed E-state index contributed by atoms with van der Waals surface area (Å²) in [5, 5.41) is 4.45. The Morgan fingerprint density at radius 2 is 2.05 bits per heavy atom. The van der Waals surface area contributed by atoms with Crippen LogP contribution in [0.4, 0.5) is 0 Å². The van der Waals surface area contributed by atoms with E-state index in [1.54, 1.807) is 4.57 Å². The monoisotopic (exact) mass is 324 g/mol. The van der Waals surface area contributed by atoms with Crippen molar-refractivity contribution < 1.29 is 0 Å². The average molecular weight is 325 g/mol. The highest BCUT2D eigenvalue weighted by Crippen LogP contribution is 2.17. The summed E-state index contributed by atoms with van der Waals surface area (Å²) in [5.41, 5.74) is 2.21. The van der Waals surface area contributed by atoms with Crippen LogP contribution in [0.2, 0.25) is 0 Å². The number of aromatic nitrogens is 4. The Labute approximate surface area is 120 Å². The van der Waals surface area contributed by atoms with Crippen molar-refractivity contribution in [3.63, 3.8) is 0 Å². The van der Waals surface area contributed by atoms with E-state index in [2.05, 4.69) is 39.9 Å². The molecule has 0 aliphatic heterocycles. The average Bonchev–Trinajstić information content (AvgIpc) is 2.81. The Balaban J connectivity index is 2.38. The van der Waals surface area contributed by atoms with Gasteiger partial charge in [-0.2, -0.15) is 10.1 Å². The first-order valence-electron chi connectivity index (χ1n) is 6.17. The smallest absolute Gasteiger partial charge is 0.289 e. The SMILES string of the molecule is Cc1nc(=O)n(Cc2ccn(C(C)C)n2)c(C)c1Br. The third-order valence-corrected chi connectivity index (χ3v) is 4.19. The first-order chi connectivity index (χ1) is 8.90. The second-order valence-corrected chi connectivity index (χ2v) is 5.64. The Morgan fingerprint density at radius 3 is 2.63 bits per heavy atom. The number of nitrogens with zero attached hydrogens (tertiary/aromatic N) is 4. The zero-order valence-corrected chi connectivity index (χ0v) is 13.1. The lowest BCUT2D eigenvalue weighted by atomic mass is 10.3. The molecule has 2 aromatic heterocycles. The van der Waals surface area contributed by atoms with Crippen LogP contribution in [0.15, 0.2) is 21.5 Å². The molecule has 2 rings (SSSR count). The normalized spacial score (nSPS) is 11.3. The topological polar surface area (TPSA) is 52.7 Å². The molecule has 2 aromatic rings. The molecule has 0 aliphatic carbocycles. The van der Waals surface area contributed by atoms with Gasteiger partial charge in [-0.05, 0) is 49.7 Å². The number of aryl methyl sites for hydroxylation is 1. The fraction of sp³-hybridized carbons (Fsp3) is 0.462. The van der Waals surface area contributed by atoms with Gasteiger partial charge in [-0.1, -0.05) is 0 Å². The lowest BCUT2D eigenvalue weighted by Gasteiger charge is -2.11. The van der Waals surface area contributed by atoms with Crippen LogP contribution >= 0.6 is 15.9 Å². The summed E-state index contributed by atoms with van der Waals surface area (Å²) in [7, 11) is 0. The van der Waals surface area contributed by atoms with Crippen molar-refractivity contribution in [1.29, 1.82) is 0 Å². The van der Waals surface area contributed by atoms with Gasteiger partial charge in [0.15, 0.2) is 0 Å². The van der Waals surface area contributed by atoms with E-state index >= 15 is 0 Å². The minimum absolute atomic E-state index is 0.239. The predicted molar refractivity (Wildman–Crippen MR) is 77.4 cm³/mol. The molecular formula is C13H17BrN4O. The van der Waals surface area contributed by atoms with E-state index in [-0.39, 0.29) is 5.69 Å². The number of hydrogen-bond acceptors (Lipinski definition) is 3. The van der Waals surface area contributed by atoms with Crippen LogP contribution in [0.5, 0.6) is 0 Å². The molecule has 102 valence electrons. The quantitative estimate of drug-likeness (QED) is 0.871. The van der Waals surface area contributed by atoms with Crippen LogP contribution in [-0.2, 0) is 6.54 Å². The zero-order chi connectivity index (χ0) is 14.2. The van der Waals surface area contributed by atoms with Crippen LogP contribution in [0.1, 0.15) is 37.0 Å². The molecule has 0 aliphatic rings. The van der Waals surface area contributed by atoms with Crippen LogP contribution < -0.4 is 5.69 Å². The Hall–Kier alpha value is -1.43. The maximum absolute atomic E-state index is 12.0. The summed E-state index contributed by atoms with van der Waals surface area (Å²) in [6, 6.07) is 2.24. The van der Waals surface area contributed by atoms with Gasteiger partial charge in [-0.25, -0.2) is 4.79 Å². The first kappa shape index (κ1) is 14.0. The third kappa shape index (κ3) is 2.78. The molecule has 2 heterocycles. The number of hydrogen-bond donors (Lipinski definition) is 0. The van der Waals surface area contributed by atoms with E-state index in [9.17, 15) is 4.79 Å². The molecule has 0 aromatic carbocycles. The fourth-order valence-corrected chi connectivity index (χ4v) is 2.18. The van der Waals surface area contributed by atoms with Crippen molar-refractivity contribution in [2.75, 3.05) is 0 Å². The Kier molecular flexibility index (Phi) is 3.89. The maximum Gasteiger partial charge on any atom is 0.348 e. The van der Waals surface area contributed by atoms with Gasteiger partial charge in [-0.3, -0.25) is 9.25 Å².